The molecule has 0 aliphatic carbocycles. The molecule has 5 nitrogen and oxygen atoms in total. The van der Waals surface area contributed by atoms with E-state index in [0.29, 0.717) is 13.0 Å². The minimum absolute atomic E-state index is 0.0285. The van der Waals surface area contributed by atoms with Gasteiger partial charge in [-0.2, -0.15) is 0 Å². The zero-order chi connectivity index (χ0) is 18.3. The molecule has 1 heterocycles. The lowest BCUT2D eigenvalue weighted by Gasteiger charge is -2.28. The van der Waals surface area contributed by atoms with E-state index in [1.807, 2.05) is 20.8 Å². The van der Waals surface area contributed by atoms with Crippen LogP contribution in [0, 0.1) is 5.41 Å². The van der Waals surface area contributed by atoms with E-state index in [0.717, 1.165) is 18.7 Å². The molecule has 138 valence electrons. The Morgan fingerprint density at radius 2 is 1.60 bits per heavy atom. The molecule has 1 aromatic rings. The molecule has 2 amide bonds. The van der Waals surface area contributed by atoms with E-state index in [1.165, 1.54) is 24.9 Å². The maximum atomic E-state index is 11.9. The Labute approximate surface area is 151 Å². The van der Waals surface area contributed by atoms with Gasteiger partial charge in [0.05, 0.1) is 6.54 Å². The van der Waals surface area contributed by atoms with Gasteiger partial charge in [-0.05, 0) is 42.4 Å². The standard InChI is InChI=1S/C20H31N3O2/c1-20(2,3)13-18(24)22-15-19(25)21-14-16-7-9-17(10-8-16)23-11-5-4-6-12-23/h7-10H,4-6,11-15H2,1-3H3,(H,21,25)(H,22,24). The van der Waals surface area contributed by atoms with E-state index < -0.39 is 0 Å². The van der Waals surface area contributed by atoms with Gasteiger partial charge in [-0.25, -0.2) is 0 Å². The molecule has 1 fully saturated rings. The molecule has 0 spiro atoms. The molecular formula is C20H31N3O2. The Morgan fingerprint density at radius 3 is 2.20 bits per heavy atom. The number of carbonyl (C=O) groups is 2. The normalized spacial score (nSPS) is 14.9. The number of hydrogen-bond acceptors (Lipinski definition) is 3. The maximum absolute atomic E-state index is 11.9. The molecule has 0 saturated carbocycles. The second-order valence-corrected chi connectivity index (χ2v) is 8.01. The third-order valence-corrected chi connectivity index (χ3v) is 4.28. The highest BCUT2D eigenvalue weighted by atomic mass is 16.2. The fourth-order valence-corrected chi connectivity index (χ4v) is 2.96. The average molecular weight is 345 g/mol. The van der Waals surface area contributed by atoms with Crippen molar-refractivity contribution >= 4 is 17.5 Å². The summed E-state index contributed by atoms with van der Waals surface area (Å²) in [5, 5.41) is 5.52. The summed E-state index contributed by atoms with van der Waals surface area (Å²) >= 11 is 0. The Balaban J connectivity index is 1.71. The van der Waals surface area contributed by atoms with Crippen LogP contribution in [0.1, 0.15) is 52.0 Å². The smallest absolute Gasteiger partial charge is 0.239 e. The van der Waals surface area contributed by atoms with Gasteiger partial charge in [0.2, 0.25) is 11.8 Å². The summed E-state index contributed by atoms with van der Waals surface area (Å²) in [5.74, 6) is -0.254. The largest absolute Gasteiger partial charge is 0.372 e. The molecule has 2 N–H and O–H groups in total. The molecule has 1 saturated heterocycles. The predicted octanol–water partition coefficient (Wildman–Crippen LogP) is 2.85. The molecule has 0 unspecified atom stereocenters. The van der Waals surface area contributed by atoms with Crippen LogP contribution in [0.3, 0.4) is 0 Å². The lowest BCUT2D eigenvalue weighted by atomic mass is 9.92. The topological polar surface area (TPSA) is 61.4 Å². The molecule has 0 bridgehead atoms. The van der Waals surface area contributed by atoms with Gasteiger partial charge in [0.15, 0.2) is 0 Å². The Hall–Kier alpha value is -2.04. The van der Waals surface area contributed by atoms with E-state index >= 15 is 0 Å². The number of hydrogen-bond donors (Lipinski definition) is 2. The van der Waals surface area contributed by atoms with Crippen LogP contribution in [-0.4, -0.2) is 31.4 Å². The van der Waals surface area contributed by atoms with Crippen molar-refractivity contribution in [2.45, 2.75) is 53.0 Å². The van der Waals surface area contributed by atoms with Gasteiger partial charge in [-0.1, -0.05) is 32.9 Å². The quantitative estimate of drug-likeness (QED) is 0.833. The molecule has 1 aliphatic rings. The number of nitrogens with zero attached hydrogens (tertiary/aromatic N) is 1. The van der Waals surface area contributed by atoms with Crippen molar-refractivity contribution in [1.29, 1.82) is 0 Å². The van der Waals surface area contributed by atoms with Gasteiger partial charge in [-0.15, -0.1) is 0 Å². The summed E-state index contributed by atoms with van der Waals surface area (Å²) in [7, 11) is 0. The number of carbonyl (C=O) groups excluding carboxylic acids is 2. The fraction of sp³-hybridized carbons (Fsp3) is 0.600. The van der Waals surface area contributed by atoms with Crippen LogP contribution in [0.5, 0.6) is 0 Å². The zero-order valence-electron chi connectivity index (χ0n) is 15.7. The van der Waals surface area contributed by atoms with Crippen molar-refractivity contribution in [2.75, 3.05) is 24.5 Å². The first-order chi connectivity index (χ1) is 11.8. The number of benzene rings is 1. The summed E-state index contributed by atoms with van der Waals surface area (Å²) in [5.41, 5.74) is 2.25. The van der Waals surface area contributed by atoms with Crippen LogP contribution in [0.2, 0.25) is 0 Å². The fourth-order valence-electron chi connectivity index (χ4n) is 2.96. The lowest BCUT2D eigenvalue weighted by molar-refractivity contribution is -0.127. The molecule has 25 heavy (non-hydrogen) atoms. The van der Waals surface area contributed by atoms with E-state index in [2.05, 4.69) is 39.8 Å². The van der Waals surface area contributed by atoms with Crippen LogP contribution in [0.15, 0.2) is 24.3 Å². The van der Waals surface area contributed by atoms with Crippen molar-refractivity contribution in [3.63, 3.8) is 0 Å². The summed E-state index contributed by atoms with van der Waals surface area (Å²) < 4.78 is 0. The number of rotatable bonds is 6. The first kappa shape index (κ1) is 19.3. The second-order valence-electron chi connectivity index (χ2n) is 8.01. The van der Waals surface area contributed by atoms with E-state index in [1.54, 1.807) is 0 Å². The van der Waals surface area contributed by atoms with Crippen molar-refractivity contribution in [3.8, 4) is 0 Å². The molecule has 0 radical (unpaired) electrons. The molecule has 1 aliphatic heterocycles. The van der Waals surface area contributed by atoms with Gasteiger partial charge in [0.1, 0.15) is 0 Å². The van der Waals surface area contributed by atoms with Crippen LogP contribution in [0.25, 0.3) is 0 Å². The lowest BCUT2D eigenvalue weighted by Crippen LogP contribution is -2.37. The van der Waals surface area contributed by atoms with Crippen LogP contribution in [-0.2, 0) is 16.1 Å². The van der Waals surface area contributed by atoms with Gasteiger partial charge >= 0.3 is 0 Å². The molecular weight excluding hydrogens is 314 g/mol. The monoisotopic (exact) mass is 345 g/mol. The highest BCUT2D eigenvalue weighted by molar-refractivity contribution is 5.84. The average Bonchev–Trinajstić information content (AvgIpc) is 2.58. The van der Waals surface area contributed by atoms with Crippen LogP contribution >= 0.6 is 0 Å². The summed E-state index contributed by atoms with van der Waals surface area (Å²) in [6.07, 6.45) is 4.27. The van der Waals surface area contributed by atoms with Crippen molar-refractivity contribution in [2.24, 2.45) is 5.41 Å². The third-order valence-electron chi connectivity index (χ3n) is 4.28. The number of anilines is 1. The van der Waals surface area contributed by atoms with Crippen molar-refractivity contribution < 1.29 is 9.59 Å². The molecule has 5 heteroatoms. The van der Waals surface area contributed by atoms with Crippen molar-refractivity contribution in [3.05, 3.63) is 29.8 Å². The predicted molar refractivity (Wildman–Crippen MR) is 101 cm³/mol. The van der Waals surface area contributed by atoms with Gasteiger partial charge in [0.25, 0.3) is 0 Å². The molecule has 2 rings (SSSR count). The molecule has 1 aromatic carbocycles. The highest BCUT2D eigenvalue weighted by Crippen LogP contribution is 2.20. The first-order valence-corrected chi connectivity index (χ1v) is 9.21. The summed E-state index contributed by atoms with van der Waals surface area (Å²) in [6, 6.07) is 8.36. The van der Waals surface area contributed by atoms with E-state index in [9.17, 15) is 9.59 Å². The van der Waals surface area contributed by atoms with Gasteiger partial charge in [0, 0.05) is 31.7 Å². The first-order valence-electron chi connectivity index (χ1n) is 9.21. The summed E-state index contributed by atoms with van der Waals surface area (Å²) in [4.78, 5) is 26.0. The Bertz CT molecular complexity index is 570. The van der Waals surface area contributed by atoms with Gasteiger partial charge in [-0.3, -0.25) is 9.59 Å². The maximum Gasteiger partial charge on any atom is 0.239 e. The highest BCUT2D eigenvalue weighted by Gasteiger charge is 2.16. The minimum atomic E-state index is -0.164. The van der Waals surface area contributed by atoms with E-state index in [4.69, 9.17) is 0 Å². The van der Waals surface area contributed by atoms with Gasteiger partial charge < -0.3 is 15.5 Å². The van der Waals surface area contributed by atoms with Crippen LogP contribution in [0.4, 0.5) is 5.69 Å². The van der Waals surface area contributed by atoms with Crippen molar-refractivity contribution in [1.82, 2.24) is 10.6 Å². The zero-order valence-corrected chi connectivity index (χ0v) is 15.7. The second kappa shape index (κ2) is 8.88. The minimum Gasteiger partial charge on any atom is -0.372 e. The molecule has 0 atom stereocenters. The molecule has 0 aromatic heterocycles. The number of nitrogens with one attached hydrogen (secondary N) is 2. The Kier molecular flexibility index (Phi) is 6.85. The summed E-state index contributed by atoms with van der Waals surface area (Å²) in [6.45, 7) is 8.77. The van der Waals surface area contributed by atoms with E-state index in [-0.39, 0.29) is 23.8 Å². The number of amides is 2. The Morgan fingerprint density at radius 1 is 0.960 bits per heavy atom. The number of piperidine rings is 1. The third kappa shape index (κ3) is 7.16. The SMILES string of the molecule is CC(C)(C)CC(=O)NCC(=O)NCc1ccc(N2CCCCC2)cc1. The van der Waals surface area contributed by atoms with Crippen LogP contribution < -0.4 is 15.5 Å².